The largest absolute Gasteiger partial charge is 0.480 e. The molecule has 0 aromatic heterocycles. The Morgan fingerprint density at radius 2 is 1.66 bits per heavy atom. The number of ether oxygens (including phenoxy) is 1. The van der Waals surface area contributed by atoms with E-state index >= 15 is 0 Å². The van der Waals surface area contributed by atoms with Gasteiger partial charge in [0, 0.05) is 5.02 Å². The molecule has 1 aliphatic heterocycles. The molecule has 1 atom stereocenters. The molecule has 0 fully saturated rings. The minimum atomic E-state index is -4.39. The average molecular weight is 504 g/mol. The molecule has 0 bridgehead atoms. The van der Waals surface area contributed by atoms with Crippen molar-refractivity contribution < 1.29 is 27.8 Å². The van der Waals surface area contributed by atoms with E-state index in [0.717, 1.165) is 52.8 Å². The SMILES string of the molecule is CN(CCCC1OCc2cc(-c3ccc(C(F)(F)F)cc3)c(-c3ccc(Cl)cc3)cc21)CC(=O)O. The van der Waals surface area contributed by atoms with Crippen molar-refractivity contribution in [3.05, 3.63) is 82.4 Å². The van der Waals surface area contributed by atoms with Crippen LogP contribution in [0.3, 0.4) is 0 Å². The number of carboxylic acid groups (broad SMARTS) is 1. The Labute approximate surface area is 206 Å². The lowest BCUT2D eigenvalue weighted by Crippen LogP contribution is -2.26. The molecule has 35 heavy (non-hydrogen) atoms. The van der Waals surface area contributed by atoms with Crippen LogP contribution in [0.5, 0.6) is 0 Å². The van der Waals surface area contributed by atoms with Crippen molar-refractivity contribution in [3.63, 3.8) is 0 Å². The van der Waals surface area contributed by atoms with E-state index < -0.39 is 17.7 Å². The summed E-state index contributed by atoms with van der Waals surface area (Å²) in [7, 11) is 1.77. The number of hydrogen-bond acceptors (Lipinski definition) is 3. The minimum Gasteiger partial charge on any atom is -0.480 e. The Morgan fingerprint density at radius 3 is 2.26 bits per heavy atom. The summed E-state index contributed by atoms with van der Waals surface area (Å²) in [6.45, 7) is 1.04. The first kappa shape index (κ1) is 25.2. The number of likely N-dealkylation sites (N-methyl/N-ethyl adjacent to an activating group) is 1. The highest BCUT2D eigenvalue weighted by molar-refractivity contribution is 6.30. The lowest BCUT2D eigenvalue weighted by molar-refractivity contribution is -0.138. The van der Waals surface area contributed by atoms with Gasteiger partial charge in [-0.25, -0.2) is 0 Å². The third-order valence-electron chi connectivity index (χ3n) is 6.16. The van der Waals surface area contributed by atoms with Gasteiger partial charge in [0.15, 0.2) is 0 Å². The lowest BCUT2D eigenvalue weighted by Gasteiger charge is -2.18. The maximum Gasteiger partial charge on any atom is 0.416 e. The Balaban J connectivity index is 1.66. The third kappa shape index (κ3) is 6.04. The van der Waals surface area contributed by atoms with Gasteiger partial charge < -0.3 is 9.84 Å². The molecule has 4 nitrogen and oxygen atoms in total. The Hall–Kier alpha value is -2.87. The van der Waals surface area contributed by atoms with Crippen LogP contribution in [-0.2, 0) is 22.3 Å². The van der Waals surface area contributed by atoms with Crippen LogP contribution in [-0.4, -0.2) is 36.1 Å². The highest BCUT2D eigenvalue weighted by Gasteiger charge is 2.30. The van der Waals surface area contributed by atoms with Crippen molar-refractivity contribution in [1.29, 1.82) is 0 Å². The van der Waals surface area contributed by atoms with Gasteiger partial charge in [-0.3, -0.25) is 9.69 Å². The second-order valence-corrected chi connectivity index (χ2v) is 9.19. The first-order chi connectivity index (χ1) is 16.6. The van der Waals surface area contributed by atoms with E-state index in [9.17, 15) is 18.0 Å². The van der Waals surface area contributed by atoms with E-state index in [1.807, 2.05) is 18.2 Å². The minimum absolute atomic E-state index is 0.0146. The summed E-state index contributed by atoms with van der Waals surface area (Å²) in [5.41, 5.74) is 4.66. The molecule has 4 rings (SSSR count). The first-order valence-corrected chi connectivity index (χ1v) is 11.6. The molecule has 1 unspecified atom stereocenters. The van der Waals surface area contributed by atoms with Gasteiger partial charge in [0.05, 0.1) is 24.8 Å². The molecule has 3 aromatic carbocycles. The van der Waals surface area contributed by atoms with E-state index in [4.69, 9.17) is 21.4 Å². The maximum atomic E-state index is 13.1. The quantitative estimate of drug-likeness (QED) is 0.357. The summed E-state index contributed by atoms with van der Waals surface area (Å²) < 4.78 is 45.3. The highest BCUT2D eigenvalue weighted by atomic mass is 35.5. The highest BCUT2D eigenvalue weighted by Crippen LogP contribution is 2.42. The van der Waals surface area contributed by atoms with Crippen molar-refractivity contribution in [3.8, 4) is 22.3 Å². The summed E-state index contributed by atoms with van der Waals surface area (Å²) >= 11 is 6.08. The molecule has 1 aliphatic rings. The Morgan fingerprint density at radius 1 is 1.06 bits per heavy atom. The van der Waals surface area contributed by atoms with E-state index in [2.05, 4.69) is 6.07 Å². The summed E-state index contributed by atoms with van der Waals surface area (Å²) in [5.74, 6) is -0.863. The van der Waals surface area contributed by atoms with Crippen molar-refractivity contribution in [2.75, 3.05) is 20.1 Å². The number of carboxylic acids is 1. The number of nitrogens with zero attached hydrogens (tertiary/aromatic N) is 1. The topological polar surface area (TPSA) is 49.8 Å². The molecule has 3 aromatic rings. The monoisotopic (exact) mass is 503 g/mol. The van der Waals surface area contributed by atoms with E-state index in [0.29, 0.717) is 23.7 Å². The summed E-state index contributed by atoms with van der Waals surface area (Å²) in [6.07, 6.45) is -3.02. The molecule has 0 aliphatic carbocycles. The number of halogens is 4. The second kappa shape index (κ2) is 10.4. The maximum absolute atomic E-state index is 13.1. The fraction of sp³-hybridized carbons (Fsp3) is 0.296. The van der Waals surface area contributed by atoms with Gasteiger partial charge in [0.25, 0.3) is 0 Å². The fourth-order valence-electron chi connectivity index (χ4n) is 4.41. The van der Waals surface area contributed by atoms with Gasteiger partial charge in [-0.1, -0.05) is 35.9 Å². The second-order valence-electron chi connectivity index (χ2n) is 8.75. The average Bonchev–Trinajstić information content (AvgIpc) is 3.20. The third-order valence-corrected chi connectivity index (χ3v) is 6.41. The lowest BCUT2D eigenvalue weighted by atomic mass is 9.88. The van der Waals surface area contributed by atoms with Gasteiger partial charge in [-0.05, 0) is 96.2 Å². The number of rotatable bonds is 8. The van der Waals surface area contributed by atoms with E-state index in [-0.39, 0.29) is 12.6 Å². The molecule has 0 spiro atoms. The van der Waals surface area contributed by atoms with Crippen LogP contribution in [0.15, 0.2) is 60.7 Å². The van der Waals surface area contributed by atoms with Crippen LogP contribution in [0.4, 0.5) is 13.2 Å². The number of carbonyl (C=O) groups is 1. The van der Waals surface area contributed by atoms with Gasteiger partial charge in [-0.15, -0.1) is 0 Å². The van der Waals surface area contributed by atoms with Gasteiger partial charge in [0.2, 0.25) is 0 Å². The van der Waals surface area contributed by atoms with E-state index in [1.165, 1.54) is 12.1 Å². The molecule has 1 heterocycles. The number of fused-ring (bicyclic) bond motifs is 1. The van der Waals surface area contributed by atoms with Crippen LogP contribution < -0.4 is 0 Å². The molecule has 0 radical (unpaired) electrons. The zero-order valence-corrected chi connectivity index (χ0v) is 19.9. The van der Waals surface area contributed by atoms with Gasteiger partial charge in [-0.2, -0.15) is 13.2 Å². The standard InChI is InChI=1S/C27H25ClF3NO3/c1-32(15-26(33)34)12-2-3-25-24-14-23(18-6-10-21(28)11-7-18)22(13-19(24)16-35-25)17-4-8-20(9-5-17)27(29,30)31/h4-11,13-14,25H,2-3,12,15-16H2,1H3,(H,33,34). The van der Waals surface area contributed by atoms with Crippen LogP contribution >= 0.6 is 11.6 Å². The van der Waals surface area contributed by atoms with Crippen molar-refractivity contribution in [2.45, 2.75) is 31.7 Å². The summed E-state index contributed by atoms with van der Waals surface area (Å²) in [6, 6.07) is 16.6. The predicted molar refractivity (Wildman–Crippen MR) is 129 cm³/mol. The number of aliphatic carboxylic acids is 1. The molecule has 0 saturated carbocycles. The Bertz CT molecular complexity index is 1190. The molecule has 184 valence electrons. The Kier molecular flexibility index (Phi) is 7.50. The van der Waals surface area contributed by atoms with Crippen molar-refractivity contribution in [2.24, 2.45) is 0 Å². The van der Waals surface area contributed by atoms with Crippen molar-refractivity contribution in [1.82, 2.24) is 4.90 Å². The number of alkyl halides is 3. The molecule has 8 heteroatoms. The summed E-state index contributed by atoms with van der Waals surface area (Å²) in [4.78, 5) is 12.6. The van der Waals surface area contributed by atoms with Crippen LogP contribution in [0, 0.1) is 0 Å². The molecule has 1 N–H and O–H groups in total. The normalized spacial score (nSPS) is 15.4. The molecular weight excluding hydrogens is 479 g/mol. The van der Waals surface area contributed by atoms with Gasteiger partial charge >= 0.3 is 12.1 Å². The smallest absolute Gasteiger partial charge is 0.416 e. The van der Waals surface area contributed by atoms with Crippen LogP contribution in [0.2, 0.25) is 5.02 Å². The van der Waals surface area contributed by atoms with E-state index in [1.54, 1.807) is 24.1 Å². The zero-order chi connectivity index (χ0) is 25.2. The molecular formula is C27H25ClF3NO3. The first-order valence-electron chi connectivity index (χ1n) is 11.2. The van der Waals surface area contributed by atoms with Gasteiger partial charge in [0.1, 0.15) is 0 Å². The van der Waals surface area contributed by atoms with Crippen molar-refractivity contribution >= 4 is 17.6 Å². The predicted octanol–water partition coefficient (Wildman–Crippen LogP) is 7.06. The van der Waals surface area contributed by atoms with Crippen LogP contribution in [0.25, 0.3) is 22.3 Å². The fourth-order valence-corrected chi connectivity index (χ4v) is 4.53. The molecule has 0 saturated heterocycles. The number of benzene rings is 3. The summed E-state index contributed by atoms with van der Waals surface area (Å²) in [5, 5.41) is 9.52. The van der Waals surface area contributed by atoms with Crippen LogP contribution in [0.1, 0.15) is 35.6 Å². The molecule has 0 amide bonds. The zero-order valence-electron chi connectivity index (χ0n) is 19.1. The number of hydrogen-bond donors (Lipinski definition) is 1.